The van der Waals surface area contributed by atoms with Gasteiger partial charge >= 0.3 is 0 Å². The summed E-state index contributed by atoms with van der Waals surface area (Å²) in [5.41, 5.74) is 2.96. The summed E-state index contributed by atoms with van der Waals surface area (Å²) in [5, 5.41) is 3.83. The molecule has 2 aromatic rings. The zero-order chi connectivity index (χ0) is 19.2. The Balaban J connectivity index is 1.63. The molecule has 0 unspecified atom stereocenters. The molecule has 0 atom stereocenters. The van der Waals surface area contributed by atoms with E-state index in [1.165, 1.54) is 0 Å². The molecule has 1 saturated carbocycles. The summed E-state index contributed by atoms with van der Waals surface area (Å²) in [4.78, 5) is 23.6. The average molecular weight is 385 g/mol. The van der Waals surface area contributed by atoms with Gasteiger partial charge in [-0.25, -0.2) is 9.97 Å². The second kappa shape index (κ2) is 9.22. The lowest BCUT2D eigenvalue weighted by Crippen LogP contribution is -2.25. The van der Waals surface area contributed by atoms with E-state index in [2.05, 4.69) is 42.2 Å². The van der Waals surface area contributed by atoms with Gasteiger partial charge in [-0.3, -0.25) is 4.79 Å². The third-order valence-electron chi connectivity index (χ3n) is 4.55. The van der Waals surface area contributed by atoms with Gasteiger partial charge in [0.15, 0.2) is 5.16 Å². The lowest BCUT2D eigenvalue weighted by atomic mass is 10.1. The lowest BCUT2D eigenvalue weighted by molar-refractivity contribution is 0.0951. The number of amides is 1. The number of aryl methyl sites for hydroxylation is 1. The van der Waals surface area contributed by atoms with Gasteiger partial charge in [-0.05, 0) is 43.4 Å². The van der Waals surface area contributed by atoms with Crippen LogP contribution in [0.25, 0.3) is 0 Å². The number of nitrogens with zero attached hydrogens (tertiary/aromatic N) is 3. The van der Waals surface area contributed by atoms with Gasteiger partial charge in [0.1, 0.15) is 5.82 Å². The highest BCUT2D eigenvalue weighted by molar-refractivity contribution is 7.98. The Morgan fingerprint density at radius 1 is 1.22 bits per heavy atom. The third kappa shape index (κ3) is 5.70. The first-order valence-electron chi connectivity index (χ1n) is 9.70. The Bertz CT molecular complexity index is 774. The molecular weight excluding hydrogens is 356 g/mol. The Kier molecular flexibility index (Phi) is 6.72. The van der Waals surface area contributed by atoms with Crippen molar-refractivity contribution >= 4 is 23.5 Å². The van der Waals surface area contributed by atoms with Crippen molar-refractivity contribution < 1.29 is 4.79 Å². The van der Waals surface area contributed by atoms with Crippen LogP contribution in [-0.2, 0) is 12.2 Å². The predicted octanol–water partition coefficient (Wildman–Crippen LogP) is 4.07. The first-order chi connectivity index (χ1) is 13.1. The first kappa shape index (κ1) is 19.7. The largest absolute Gasteiger partial charge is 0.360 e. The maximum absolute atomic E-state index is 12.1. The van der Waals surface area contributed by atoms with Gasteiger partial charge in [-0.15, -0.1) is 0 Å². The smallest absolute Gasteiger partial charge is 0.251 e. The normalized spacial score (nSPS) is 13.4. The highest BCUT2D eigenvalue weighted by Crippen LogP contribution is 2.24. The van der Waals surface area contributed by atoms with Gasteiger partial charge < -0.3 is 10.2 Å². The number of carbonyl (C=O) groups excluding carboxylic acids is 1. The number of carbonyl (C=O) groups is 1. The number of rotatable bonds is 9. The number of hydrogen-bond donors (Lipinski definition) is 1. The fraction of sp³-hybridized carbons (Fsp3) is 0.476. The van der Waals surface area contributed by atoms with E-state index in [-0.39, 0.29) is 5.91 Å². The van der Waals surface area contributed by atoms with E-state index in [4.69, 9.17) is 4.98 Å². The molecule has 0 bridgehead atoms. The zero-order valence-corrected chi connectivity index (χ0v) is 17.2. The van der Waals surface area contributed by atoms with Crippen LogP contribution in [0.3, 0.4) is 0 Å². The van der Waals surface area contributed by atoms with E-state index < -0.39 is 0 Å². The topological polar surface area (TPSA) is 58.1 Å². The molecule has 144 valence electrons. The molecule has 1 aliphatic rings. The molecule has 27 heavy (non-hydrogen) atoms. The predicted molar refractivity (Wildman–Crippen MR) is 111 cm³/mol. The van der Waals surface area contributed by atoms with E-state index >= 15 is 0 Å². The van der Waals surface area contributed by atoms with Gasteiger partial charge in [0, 0.05) is 42.7 Å². The van der Waals surface area contributed by atoms with E-state index in [0.717, 1.165) is 65.8 Å². The van der Waals surface area contributed by atoms with Gasteiger partial charge in [0.2, 0.25) is 0 Å². The Hall–Kier alpha value is -2.08. The molecule has 5 nitrogen and oxygen atoms in total. The fourth-order valence-corrected chi connectivity index (χ4v) is 3.58. The molecule has 1 heterocycles. The maximum atomic E-state index is 12.1. The number of nitrogens with one attached hydrogen (secondary N) is 1. The summed E-state index contributed by atoms with van der Waals surface area (Å²) in [6.45, 7) is 5.27. The third-order valence-corrected chi connectivity index (χ3v) is 5.47. The van der Waals surface area contributed by atoms with Crippen LogP contribution in [0.2, 0.25) is 0 Å². The molecule has 6 heteroatoms. The number of aromatic nitrogens is 2. The molecule has 1 N–H and O–H groups in total. The SMILES string of the molecule is CCCN(C)c1cc(CC)nc(SCc2ccc(C(=O)NC3CC3)cc2)n1. The highest BCUT2D eigenvalue weighted by atomic mass is 32.2. The maximum Gasteiger partial charge on any atom is 0.251 e. The highest BCUT2D eigenvalue weighted by Gasteiger charge is 2.23. The molecule has 0 spiro atoms. The van der Waals surface area contributed by atoms with Crippen molar-refractivity contribution in [1.29, 1.82) is 0 Å². The lowest BCUT2D eigenvalue weighted by Gasteiger charge is -2.18. The van der Waals surface area contributed by atoms with Crippen molar-refractivity contribution in [3.05, 3.63) is 47.2 Å². The zero-order valence-electron chi connectivity index (χ0n) is 16.4. The molecule has 1 aromatic heterocycles. The van der Waals surface area contributed by atoms with E-state index in [1.807, 2.05) is 24.3 Å². The Morgan fingerprint density at radius 2 is 1.96 bits per heavy atom. The molecule has 0 radical (unpaired) electrons. The minimum atomic E-state index is 0.0271. The first-order valence-corrected chi connectivity index (χ1v) is 10.7. The molecule has 1 fully saturated rings. The van der Waals surface area contributed by atoms with Crippen molar-refractivity contribution in [2.75, 3.05) is 18.5 Å². The van der Waals surface area contributed by atoms with Crippen molar-refractivity contribution in [3.8, 4) is 0 Å². The summed E-state index contributed by atoms with van der Waals surface area (Å²) < 4.78 is 0. The van der Waals surface area contributed by atoms with Crippen LogP contribution in [0, 0.1) is 0 Å². The van der Waals surface area contributed by atoms with Crippen LogP contribution in [0.1, 0.15) is 54.7 Å². The van der Waals surface area contributed by atoms with Crippen LogP contribution in [0.15, 0.2) is 35.5 Å². The summed E-state index contributed by atoms with van der Waals surface area (Å²) in [7, 11) is 2.07. The minimum absolute atomic E-state index is 0.0271. The van der Waals surface area contributed by atoms with Crippen molar-refractivity contribution in [3.63, 3.8) is 0 Å². The number of anilines is 1. The second-order valence-corrected chi connectivity index (χ2v) is 7.95. The summed E-state index contributed by atoms with van der Waals surface area (Å²) >= 11 is 1.64. The minimum Gasteiger partial charge on any atom is -0.360 e. The van der Waals surface area contributed by atoms with Crippen LogP contribution in [0.5, 0.6) is 0 Å². The molecule has 1 amide bonds. The second-order valence-electron chi connectivity index (χ2n) is 7.01. The monoisotopic (exact) mass is 384 g/mol. The number of benzene rings is 1. The van der Waals surface area contributed by atoms with Crippen LogP contribution in [-0.4, -0.2) is 35.5 Å². The molecule has 1 aromatic carbocycles. The van der Waals surface area contributed by atoms with E-state index in [9.17, 15) is 4.79 Å². The van der Waals surface area contributed by atoms with E-state index in [1.54, 1.807) is 11.8 Å². The van der Waals surface area contributed by atoms with Gasteiger partial charge in [0.25, 0.3) is 5.91 Å². The molecule has 0 saturated heterocycles. The quantitative estimate of drug-likeness (QED) is 0.522. The van der Waals surface area contributed by atoms with Gasteiger partial charge in [-0.1, -0.05) is 37.7 Å². The summed E-state index contributed by atoms with van der Waals surface area (Å²) in [6, 6.07) is 10.3. The number of thioether (sulfide) groups is 1. The number of hydrogen-bond acceptors (Lipinski definition) is 5. The van der Waals surface area contributed by atoms with Gasteiger partial charge in [-0.2, -0.15) is 0 Å². The van der Waals surface area contributed by atoms with Crippen molar-refractivity contribution in [2.45, 2.75) is 56.5 Å². The molecule has 1 aliphatic carbocycles. The van der Waals surface area contributed by atoms with Crippen LogP contribution >= 0.6 is 11.8 Å². The molecule has 3 rings (SSSR count). The van der Waals surface area contributed by atoms with Crippen LogP contribution < -0.4 is 10.2 Å². The van der Waals surface area contributed by atoms with Crippen molar-refractivity contribution in [2.24, 2.45) is 0 Å². The Morgan fingerprint density at radius 3 is 2.59 bits per heavy atom. The van der Waals surface area contributed by atoms with Gasteiger partial charge in [0.05, 0.1) is 0 Å². The average Bonchev–Trinajstić information content (AvgIpc) is 3.50. The molecule has 0 aliphatic heterocycles. The fourth-order valence-electron chi connectivity index (χ4n) is 2.75. The summed E-state index contributed by atoms with van der Waals surface area (Å²) in [5.74, 6) is 1.80. The van der Waals surface area contributed by atoms with E-state index in [0.29, 0.717) is 6.04 Å². The Labute approximate surface area is 166 Å². The summed E-state index contributed by atoms with van der Waals surface area (Å²) in [6.07, 6.45) is 4.19. The van der Waals surface area contributed by atoms with Crippen molar-refractivity contribution in [1.82, 2.24) is 15.3 Å². The standard InChI is InChI=1S/C21H28N4OS/c1-4-12-25(3)19-13-17(5-2)23-21(24-19)27-14-15-6-8-16(9-7-15)20(26)22-18-10-11-18/h6-9,13,18H,4-5,10-12,14H2,1-3H3,(H,22,26). The molecular formula is C21H28N4OS. The van der Waals surface area contributed by atoms with Crippen LogP contribution in [0.4, 0.5) is 5.82 Å².